The predicted molar refractivity (Wildman–Crippen MR) is 75.4 cm³/mol. The number of hydrogen-bond acceptors (Lipinski definition) is 3. The number of carbonyl (C=O) groups is 2. The molecule has 1 aromatic heterocycles. The van der Waals surface area contributed by atoms with Gasteiger partial charge in [0.05, 0.1) is 24.1 Å². The van der Waals surface area contributed by atoms with E-state index in [4.69, 9.17) is 4.42 Å². The minimum absolute atomic E-state index is 0.128. The second kappa shape index (κ2) is 6.06. The Kier molecular flexibility index (Phi) is 4.20. The van der Waals surface area contributed by atoms with Gasteiger partial charge in [0, 0.05) is 14.0 Å². The molecular formula is C15H16N2O3. The summed E-state index contributed by atoms with van der Waals surface area (Å²) >= 11 is 0. The number of amides is 2. The van der Waals surface area contributed by atoms with Crippen LogP contribution in [0.5, 0.6) is 0 Å². The van der Waals surface area contributed by atoms with E-state index in [9.17, 15) is 9.59 Å². The first-order valence-corrected chi connectivity index (χ1v) is 6.23. The molecule has 20 heavy (non-hydrogen) atoms. The van der Waals surface area contributed by atoms with Gasteiger partial charge in [0.1, 0.15) is 5.76 Å². The van der Waals surface area contributed by atoms with Gasteiger partial charge in [-0.25, -0.2) is 0 Å². The molecule has 5 nitrogen and oxygen atoms in total. The van der Waals surface area contributed by atoms with Gasteiger partial charge in [0.15, 0.2) is 0 Å². The van der Waals surface area contributed by atoms with Gasteiger partial charge in [-0.3, -0.25) is 9.59 Å². The number of furan rings is 1. The van der Waals surface area contributed by atoms with Crippen molar-refractivity contribution in [1.29, 1.82) is 0 Å². The molecule has 0 aliphatic heterocycles. The van der Waals surface area contributed by atoms with E-state index in [-0.39, 0.29) is 11.8 Å². The quantitative estimate of drug-likeness (QED) is 0.928. The highest BCUT2D eigenvalue weighted by Gasteiger charge is 2.15. The largest absolute Gasteiger partial charge is 0.467 e. The Morgan fingerprint density at radius 1 is 1.20 bits per heavy atom. The molecule has 0 bridgehead atoms. The van der Waals surface area contributed by atoms with Crippen LogP contribution in [0.15, 0.2) is 47.1 Å². The molecular weight excluding hydrogens is 256 g/mol. The number of anilines is 1. The molecule has 1 aromatic carbocycles. The van der Waals surface area contributed by atoms with Crippen molar-refractivity contribution in [2.45, 2.75) is 13.5 Å². The summed E-state index contributed by atoms with van der Waals surface area (Å²) in [5.74, 6) is 0.303. The van der Waals surface area contributed by atoms with Crippen LogP contribution in [0.2, 0.25) is 0 Å². The van der Waals surface area contributed by atoms with Crippen LogP contribution in [0.4, 0.5) is 5.69 Å². The van der Waals surface area contributed by atoms with Crippen molar-refractivity contribution < 1.29 is 14.0 Å². The fourth-order valence-corrected chi connectivity index (χ4v) is 1.80. The summed E-state index contributed by atoms with van der Waals surface area (Å²) in [6.07, 6.45) is 1.55. The van der Waals surface area contributed by atoms with Crippen molar-refractivity contribution >= 4 is 17.5 Å². The zero-order valence-electron chi connectivity index (χ0n) is 11.4. The molecule has 0 saturated heterocycles. The van der Waals surface area contributed by atoms with Gasteiger partial charge in [0.25, 0.3) is 5.91 Å². The maximum absolute atomic E-state index is 12.2. The van der Waals surface area contributed by atoms with E-state index in [0.717, 1.165) is 0 Å². The van der Waals surface area contributed by atoms with Gasteiger partial charge in [-0.1, -0.05) is 12.1 Å². The minimum Gasteiger partial charge on any atom is -0.467 e. The fourth-order valence-electron chi connectivity index (χ4n) is 1.80. The summed E-state index contributed by atoms with van der Waals surface area (Å²) in [6, 6.07) is 10.5. The Bertz CT molecular complexity index is 605. The summed E-state index contributed by atoms with van der Waals surface area (Å²) in [5, 5.41) is 2.76. The highest BCUT2D eigenvalue weighted by Crippen LogP contribution is 2.19. The van der Waals surface area contributed by atoms with Gasteiger partial charge in [-0.2, -0.15) is 0 Å². The SMILES string of the molecule is CC(=O)N(C)c1ccccc1C(=O)NCc1ccco1. The molecule has 1 heterocycles. The molecule has 2 amide bonds. The zero-order valence-corrected chi connectivity index (χ0v) is 11.4. The molecule has 2 rings (SSSR count). The number of rotatable bonds is 4. The van der Waals surface area contributed by atoms with E-state index < -0.39 is 0 Å². The van der Waals surface area contributed by atoms with E-state index >= 15 is 0 Å². The fraction of sp³-hybridized carbons (Fsp3) is 0.200. The summed E-state index contributed by atoms with van der Waals surface area (Å²) in [5.41, 5.74) is 1.04. The first-order chi connectivity index (χ1) is 9.59. The first-order valence-electron chi connectivity index (χ1n) is 6.23. The third-order valence-electron chi connectivity index (χ3n) is 2.99. The number of para-hydroxylation sites is 1. The van der Waals surface area contributed by atoms with Gasteiger partial charge in [-0.15, -0.1) is 0 Å². The van der Waals surface area contributed by atoms with E-state index in [1.807, 2.05) is 0 Å². The van der Waals surface area contributed by atoms with Crippen molar-refractivity contribution in [3.8, 4) is 0 Å². The number of benzene rings is 1. The topological polar surface area (TPSA) is 62.6 Å². The van der Waals surface area contributed by atoms with Gasteiger partial charge >= 0.3 is 0 Å². The number of carbonyl (C=O) groups excluding carboxylic acids is 2. The molecule has 0 aliphatic rings. The van der Waals surface area contributed by atoms with Crippen LogP contribution in [0.25, 0.3) is 0 Å². The normalized spacial score (nSPS) is 10.1. The zero-order chi connectivity index (χ0) is 14.5. The lowest BCUT2D eigenvalue weighted by atomic mass is 10.1. The average Bonchev–Trinajstić information content (AvgIpc) is 2.97. The van der Waals surface area contributed by atoms with Crippen LogP contribution in [-0.2, 0) is 11.3 Å². The Morgan fingerprint density at radius 3 is 2.60 bits per heavy atom. The standard InChI is InChI=1S/C15H16N2O3/c1-11(18)17(2)14-8-4-3-7-13(14)15(19)16-10-12-6-5-9-20-12/h3-9H,10H2,1-2H3,(H,16,19). The molecule has 1 N–H and O–H groups in total. The highest BCUT2D eigenvalue weighted by atomic mass is 16.3. The van der Waals surface area contributed by atoms with Crippen LogP contribution in [0.1, 0.15) is 23.0 Å². The summed E-state index contributed by atoms with van der Waals surface area (Å²) in [4.78, 5) is 25.1. The summed E-state index contributed by atoms with van der Waals surface area (Å²) in [7, 11) is 1.64. The smallest absolute Gasteiger partial charge is 0.253 e. The van der Waals surface area contributed by atoms with Crippen molar-refractivity contribution in [2.24, 2.45) is 0 Å². The number of nitrogens with zero attached hydrogens (tertiary/aromatic N) is 1. The Hall–Kier alpha value is -2.56. The van der Waals surface area contributed by atoms with Gasteiger partial charge < -0.3 is 14.6 Å². The third-order valence-corrected chi connectivity index (χ3v) is 2.99. The van der Waals surface area contributed by atoms with Crippen molar-refractivity contribution in [1.82, 2.24) is 5.32 Å². The van der Waals surface area contributed by atoms with Gasteiger partial charge in [0.2, 0.25) is 5.91 Å². The average molecular weight is 272 g/mol. The molecule has 0 radical (unpaired) electrons. The summed E-state index contributed by atoms with van der Waals surface area (Å²) in [6.45, 7) is 1.77. The van der Waals surface area contributed by atoms with Gasteiger partial charge in [-0.05, 0) is 24.3 Å². The Labute approximate surface area is 117 Å². The maximum atomic E-state index is 12.2. The first kappa shape index (κ1) is 13.9. The molecule has 0 aliphatic carbocycles. The van der Waals surface area contributed by atoms with Crippen LogP contribution in [0, 0.1) is 0 Å². The summed E-state index contributed by atoms with van der Waals surface area (Å²) < 4.78 is 5.16. The highest BCUT2D eigenvalue weighted by molar-refractivity contribution is 6.04. The second-order valence-electron chi connectivity index (χ2n) is 4.36. The van der Waals surface area contributed by atoms with E-state index in [2.05, 4.69) is 5.32 Å². The molecule has 104 valence electrons. The van der Waals surface area contributed by atoms with E-state index in [0.29, 0.717) is 23.6 Å². The van der Waals surface area contributed by atoms with Crippen LogP contribution < -0.4 is 10.2 Å². The Balaban J connectivity index is 2.15. The number of hydrogen-bond donors (Lipinski definition) is 1. The Morgan fingerprint density at radius 2 is 1.95 bits per heavy atom. The molecule has 0 saturated carbocycles. The molecule has 2 aromatic rings. The minimum atomic E-state index is -0.245. The second-order valence-corrected chi connectivity index (χ2v) is 4.36. The van der Waals surface area contributed by atoms with Crippen molar-refractivity contribution in [3.63, 3.8) is 0 Å². The molecule has 5 heteroatoms. The van der Waals surface area contributed by atoms with E-state index in [1.165, 1.54) is 11.8 Å². The molecule has 0 spiro atoms. The lowest BCUT2D eigenvalue weighted by molar-refractivity contribution is -0.116. The maximum Gasteiger partial charge on any atom is 0.253 e. The molecule has 0 atom stereocenters. The lowest BCUT2D eigenvalue weighted by Gasteiger charge is -2.18. The van der Waals surface area contributed by atoms with Crippen molar-refractivity contribution in [3.05, 3.63) is 54.0 Å². The van der Waals surface area contributed by atoms with Crippen molar-refractivity contribution in [2.75, 3.05) is 11.9 Å². The lowest BCUT2D eigenvalue weighted by Crippen LogP contribution is -2.28. The molecule has 0 fully saturated rings. The van der Waals surface area contributed by atoms with E-state index in [1.54, 1.807) is 49.7 Å². The monoisotopic (exact) mass is 272 g/mol. The molecule has 0 unspecified atom stereocenters. The predicted octanol–water partition coefficient (Wildman–Crippen LogP) is 2.19. The third kappa shape index (κ3) is 3.06. The van der Waals surface area contributed by atoms with Crippen LogP contribution in [-0.4, -0.2) is 18.9 Å². The van der Waals surface area contributed by atoms with Crippen LogP contribution >= 0.6 is 0 Å². The number of nitrogens with one attached hydrogen (secondary N) is 1. The van der Waals surface area contributed by atoms with Crippen LogP contribution in [0.3, 0.4) is 0 Å².